The minimum absolute atomic E-state index is 0.00198. The molecule has 4 aliphatic heterocycles. The number of anilines is 2. The van der Waals surface area contributed by atoms with E-state index in [-0.39, 0.29) is 58.5 Å². The smallest absolute Gasteiger partial charge is 0.412 e. The number of carbonyl (C=O) groups excluding carboxylic acids is 8. The predicted octanol–water partition coefficient (Wildman–Crippen LogP) is 9.08. The number of halogens is 5. The Labute approximate surface area is 551 Å². The summed E-state index contributed by atoms with van der Waals surface area (Å²) in [7, 11) is 0. The maximum atomic E-state index is 15.0. The van der Waals surface area contributed by atoms with Gasteiger partial charge in [0.05, 0.1) is 18.8 Å². The molecule has 0 bridgehead atoms. The molecule has 8 fully saturated rings. The lowest BCUT2D eigenvalue weighted by atomic mass is 9.44. The second-order valence-corrected chi connectivity index (χ2v) is 26.8. The number of alkyl halides is 5. The van der Waals surface area contributed by atoms with Crippen molar-refractivity contribution in [3.8, 4) is 0 Å². The van der Waals surface area contributed by atoms with Crippen LogP contribution in [0.2, 0.25) is 0 Å². The Hall–Kier alpha value is -4.79. The van der Waals surface area contributed by atoms with Gasteiger partial charge in [0, 0.05) is 36.1 Å². The number of ether oxygens (including phenoxy) is 13. The average Bonchev–Trinajstić information content (AvgIpc) is 1.57. The predicted molar refractivity (Wildman–Crippen MR) is 325 cm³/mol. The maximum absolute atomic E-state index is 15.0. The van der Waals surface area contributed by atoms with E-state index in [0.717, 1.165) is 32.1 Å². The molecule has 4 aliphatic carbocycles. The number of esters is 5. The maximum Gasteiger partial charge on any atom is 0.412 e. The van der Waals surface area contributed by atoms with Crippen LogP contribution in [0.25, 0.3) is 0 Å². The first-order valence-corrected chi connectivity index (χ1v) is 33.5. The molecular weight excluding hydrogens is 1300 g/mol. The average molecular weight is 1380 g/mol. The van der Waals surface area contributed by atoms with Crippen molar-refractivity contribution in [2.45, 2.75) is 165 Å². The largest absolute Gasteiger partial charge is 0.462 e. The van der Waals surface area contributed by atoms with Crippen LogP contribution in [0.15, 0.2) is 60.7 Å². The topological polar surface area (TPSA) is 281 Å². The number of carbonyl (C=O) groups is 8. The van der Waals surface area contributed by atoms with Crippen LogP contribution in [0.4, 0.5) is 21.0 Å². The molecule has 0 radical (unpaired) electrons. The van der Waals surface area contributed by atoms with E-state index in [1.165, 1.54) is 0 Å². The van der Waals surface area contributed by atoms with E-state index in [2.05, 4.69) is 38.3 Å². The number of rotatable bonds is 20. The third-order valence-electron chi connectivity index (χ3n) is 20.1. The highest BCUT2D eigenvalue weighted by atomic mass is 35.5. The van der Waals surface area contributed by atoms with Crippen LogP contribution < -0.4 is 10.6 Å². The van der Waals surface area contributed by atoms with Gasteiger partial charge in [0.15, 0.2) is 48.9 Å². The van der Waals surface area contributed by atoms with Crippen molar-refractivity contribution in [3.63, 3.8) is 0 Å². The Kier molecular flexibility index (Phi) is 22.7. The van der Waals surface area contributed by atoms with E-state index in [4.69, 9.17) is 120 Å². The minimum Gasteiger partial charge on any atom is -0.462 e. The van der Waals surface area contributed by atoms with Crippen LogP contribution in [0, 0.1) is 52.3 Å². The number of fused-ring (bicyclic) bond motifs is 7. The van der Waals surface area contributed by atoms with Crippen LogP contribution in [0.1, 0.15) is 85.5 Å². The van der Waals surface area contributed by atoms with Crippen molar-refractivity contribution < 1.29 is 99.9 Å². The summed E-state index contributed by atoms with van der Waals surface area (Å²) in [5.41, 5.74) is -0.0761. The Morgan fingerprint density at radius 2 is 1.11 bits per heavy atom. The molecule has 1 spiro atoms. The van der Waals surface area contributed by atoms with Gasteiger partial charge in [-0.2, -0.15) is 0 Å². The summed E-state index contributed by atoms with van der Waals surface area (Å²) in [4.78, 5) is 109. The van der Waals surface area contributed by atoms with Crippen LogP contribution in [0.3, 0.4) is 0 Å². The van der Waals surface area contributed by atoms with Crippen molar-refractivity contribution in [2.75, 3.05) is 59.9 Å². The zero-order valence-electron chi connectivity index (χ0n) is 50.7. The molecule has 22 atom stereocenters. The molecular formula is C63H77Cl5N2O21. The molecule has 4 saturated carbocycles. The fourth-order valence-corrected chi connectivity index (χ4v) is 16.5. The summed E-state index contributed by atoms with van der Waals surface area (Å²) in [6.07, 6.45) is -15.0. The third kappa shape index (κ3) is 15.0. The zero-order chi connectivity index (χ0) is 64.9. The van der Waals surface area contributed by atoms with Crippen molar-refractivity contribution in [2.24, 2.45) is 52.3 Å². The highest BCUT2D eigenvalue weighted by Gasteiger charge is 2.71. The lowest BCUT2D eigenvalue weighted by Crippen LogP contribution is -2.68. The van der Waals surface area contributed by atoms with E-state index in [1.807, 2.05) is 0 Å². The number of amides is 2. The lowest BCUT2D eigenvalue weighted by Gasteiger charge is -2.60. The number of para-hydroxylation sites is 2. The molecule has 23 nitrogen and oxygen atoms in total. The molecule has 8 aliphatic rings. The van der Waals surface area contributed by atoms with Gasteiger partial charge in [-0.05, 0) is 110 Å². The molecule has 3 unspecified atom stereocenters. The van der Waals surface area contributed by atoms with Crippen LogP contribution in [-0.2, 0) is 90.3 Å². The number of nitrogens with one attached hydrogen (secondary N) is 2. The molecule has 10 rings (SSSR count). The zero-order valence-corrected chi connectivity index (χ0v) is 54.5. The van der Waals surface area contributed by atoms with Crippen molar-refractivity contribution in [1.29, 1.82) is 0 Å². The van der Waals surface area contributed by atoms with Crippen LogP contribution >= 0.6 is 58.0 Å². The van der Waals surface area contributed by atoms with Crippen LogP contribution in [0.5, 0.6) is 0 Å². The third-order valence-corrected chi connectivity index (χ3v) is 21.1. The minimum atomic E-state index is -2.10. The van der Waals surface area contributed by atoms with Gasteiger partial charge >= 0.3 is 42.0 Å². The molecule has 2 aromatic carbocycles. The number of benzene rings is 2. The van der Waals surface area contributed by atoms with Crippen molar-refractivity contribution in [3.05, 3.63) is 60.7 Å². The number of hydrogen-bond donors (Lipinski definition) is 2. The summed E-state index contributed by atoms with van der Waals surface area (Å²) in [6.45, 7) is 8.08. The summed E-state index contributed by atoms with van der Waals surface area (Å²) in [6, 6.07) is 16.2. The van der Waals surface area contributed by atoms with Gasteiger partial charge < -0.3 is 61.6 Å². The molecule has 2 amide bonds. The fourth-order valence-electron chi connectivity index (χ4n) is 16.2. The van der Waals surface area contributed by atoms with Gasteiger partial charge in [0.1, 0.15) is 66.7 Å². The Morgan fingerprint density at radius 3 is 1.68 bits per heavy atom. The van der Waals surface area contributed by atoms with Gasteiger partial charge in [0.25, 0.3) is 0 Å². The van der Waals surface area contributed by atoms with E-state index < -0.39 is 163 Å². The Morgan fingerprint density at radius 1 is 0.571 bits per heavy atom. The fraction of sp³-hybridized carbons (Fsp3) is 0.683. The highest BCUT2D eigenvalue weighted by Crippen LogP contribution is 2.71. The Balaban J connectivity index is 0.945. The monoisotopic (exact) mass is 1370 g/mol. The van der Waals surface area contributed by atoms with E-state index in [1.54, 1.807) is 60.7 Å². The normalized spacial score (nSPS) is 38.1. The lowest BCUT2D eigenvalue weighted by molar-refractivity contribution is -0.364. The van der Waals surface area contributed by atoms with Crippen molar-refractivity contribution >= 4 is 117 Å². The van der Waals surface area contributed by atoms with Gasteiger partial charge in [-0.3, -0.25) is 39.4 Å². The quantitative estimate of drug-likeness (QED) is 0.0541. The van der Waals surface area contributed by atoms with Gasteiger partial charge in [0.2, 0.25) is 0 Å². The van der Waals surface area contributed by atoms with Gasteiger partial charge in [-0.25, -0.2) is 9.59 Å². The molecule has 28 heteroatoms. The Bertz CT molecular complexity index is 2930. The molecule has 4 heterocycles. The standard InChI is InChI=1S/C63H77Cl5N2O21/c1-32-17-20-63(81-29-32)33(2)49-41(91-63)22-39-38-16-15-34-21-37(18-19-61(34,3)50(38)40(71)23-62(39,49)4)82-57-55(87-47(75)27-67)53(85-45(73)25-65)51(42(83-57)30-79-44(72)24-64)89-58-56(88-48(76)28-68)54(86-46(74)26-66)52(90-60(78)70-36-13-9-6-10-14-36)43(84-58)31-80-59(77)69-35-11-7-5-8-12-35/h5-14,32-34,37-39,41-43,49-58H,15-31H2,1-4H3,(H,69,77)(H,70,78)/t32-,33?,34+,37+,38+,39+,41?,42-,43-,49?,50-,51-,52-,53+,54+,55-,56-,57-,58+,61+,62+,63-/m1/s1. The first kappa shape index (κ1) is 69.1. The molecule has 500 valence electrons. The second-order valence-electron chi connectivity index (χ2n) is 25.5. The number of hydrogen-bond acceptors (Lipinski definition) is 21. The summed E-state index contributed by atoms with van der Waals surface area (Å²) in [5.74, 6) is -8.49. The summed E-state index contributed by atoms with van der Waals surface area (Å²) < 4.78 is 80.9. The molecule has 91 heavy (non-hydrogen) atoms. The summed E-state index contributed by atoms with van der Waals surface area (Å²) in [5, 5.41) is 5.09. The van der Waals surface area contributed by atoms with Gasteiger partial charge in [-0.1, -0.05) is 64.1 Å². The van der Waals surface area contributed by atoms with Gasteiger partial charge in [-0.15, -0.1) is 58.0 Å². The van der Waals surface area contributed by atoms with Crippen molar-refractivity contribution in [1.82, 2.24) is 0 Å². The SMILES string of the molecule is CC1C2C(C[C@H]3[C@@H]4CC[C@H]5C[C@@H](O[C@@H]6O[C@H](COC(=O)CCl)[C@@H](O[C@@H]7O[C@H](COC(=O)Nc8ccccc8)[C@@H](OC(=O)Nc8ccccc8)[C@H](OC(=O)CCl)[C@H]7OC(=O)CCl)[C@H](OC(=O)CCl)[C@H]6OC(=O)CCl)CC[C@]5(C)[C@H]4C(=O)C[C@]23C)O[C@]12CC[C@@H](C)CO2. The number of ketones is 1. The van der Waals surface area contributed by atoms with E-state index in [9.17, 15) is 33.6 Å². The van der Waals surface area contributed by atoms with E-state index >= 15 is 4.79 Å². The highest BCUT2D eigenvalue weighted by molar-refractivity contribution is 6.27. The molecule has 2 N–H and O–H groups in total. The number of Topliss-reactive ketones (excluding diaryl/α,β-unsaturated/α-hetero) is 1. The van der Waals surface area contributed by atoms with E-state index in [0.29, 0.717) is 43.9 Å². The molecule has 4 saturated heterocycles. The van der Waals surface area contributed by atoms with Crippen LogP contribution in [-0.4, -0.2) is 176 Å². The summed E-state index contributed by atoms with van der Waals surface area (Å²) >= 11 is 30.2. The first-order valence-electron chi connectivity index (χ1n) is 30.9. The molecule has 0 aromatic heterocycles. The second kappa shape index (κ2) is 29.9. The first-order chi connectivity index (χ1) is 43.6. The molecule has 2 aromatic rings.